The van der Waals surface area contributed by atoms with Crippen LogP contribution in [-0.4, -0.2) is 33.3 Å². The number of H-pyrrole nitrogens is 1. The van der Waals surface area contributed by atoms with Gasteiger partial charge in [0.1, 0.15) is 5.82 Å². The number of aromatic amines is 1. The van der Waals surface area contributed by atoms with Crippen LogP contribution in [0.5, 0.6) is 0 Å². The molecule has 3 heterocycles. The Balaban J connectivity index is 1.53. The molecule has 1 aliphatic heterocycles. The minimum absolute atomic E-state index is 0.403. The van der Waals surface area contributed by atoms with Crippen LogP contribution in [0.15, 0.2) is 48.8 Å². The molecular weight excluding hydrogens is 312 g/mol. The van der Waals surface area contributed by atoms with Crippen LogP contribution in [0.25, 0.3) is 0 Å². The predicted octanol–water partition coefficient (Wildman–Crippen LogP) is 2.76. The van der Waals surface area contributed by atoms with Gasteiger partial charge in [0.15, 0.2) is 0 Å². The third-order valence-electron chi connectivity index (χ3n) is 4.77. The molecular formula is C19H22N6. The number of nitrogens with one attached hydrogen (secondary N) is 1. The minimum atomic E-state index is 0.403. The fourth-order valence-corrected chi connectivity index (χ4v) is 3.54. The van der Waals surface area contributed by atoms with Crippen molar-refractivity contribution in [2.45, 2.75) is 25.2 Å². The average Bonchev–Trinajstić information content (AvgIpc) is 3.11. The molecule has 128 valence electrons. The van der Waals surface area contributed by atoms with Gasteiger partial charge in [-0.1, -0.05) is 30.3 Å². The van der Waals surface area contributed by atoms with Crippen LogP contribution in [0.3, 0.4) is 0 Å². The maximum atomic E-state index is 5.81. The van der Waals surface area contributed by atoms with Crippen molar-refractivity contribution < 1.29 is 0 Å². The van der Waals surface area contributed by atoms with Crippen molar-refractivity contribution >= 4 is 11.8 Å². The van der Waals surface area contributed by atoms with E-state index in [2.05, 4.69) is 49.3 Å². The Kier molecular flexibility index (Phi) is 4.33. The number of hydrogen-bond acceptors (Lipinski definition) is 5. The normalized spacial score (nSPS) is 17.6. The van der Waals surface area contributed by atoms with Gasteiger partial charge >= 0.3 is 0 Å². The van der Waals surface area contributed by atoms with Gasteiger partial charge in [0.05, 0.1) is 6.20 Å². The van der Waals surface area contributed by atoms with Crippen molar-refractivity contribution in [1.82, 2.24) is 20.2 Å². The number of nitrogens with zero attached hydrogens (tertiary/aromatic N) is 4. The fourth-order valence-electron chi connectivity index (χ4n) is 3.54. The molecule has 1 saturated heterocycles. The van der Waals surface area contributed by atoms with Gasteiger partial charge in [-0.05, 0) is 30.0 Å². The van der Waals surface area contributed by atoms with E-state index in [-0.39, 0.29) is 0 Å². The summed E-state index contributed by atoms with van der Waals surface area (Å²) in [4.78, 5) is 11.0. The Morgan fingerprint density at radius 2 is 2.08 bits per heavy atom. The molecule has 0 bridgehead atoms. The largest absolute Gasteiger partial charge is 0.384 e. The SMILES string of the molecule is Nc1ccnc(N2CCC[C@H](c3[nH]ncc3Cc3ccccc3)C2)n1. The first-order valence-corrected chi connectivity index (χ1v) is 8.69. The lowest BCUT2D eigenvalue weighted by molar-refractivity contribution is 0.493. The van der Waals surface area contributed by atoms with Gasteiger partial charge in [-0.25, -0.2) is 4.98 Å². The summed E-state index contributed by atoms with van der Waals surface area (Å²) in [6, 6.07) is 12.2. The highest BCUT2D eigenvalue weighted by Crippen LogP contribution is 2.30. The topological polar surface area (TPSA) is 83.7 Å². The van der Waals surface area contributed by atoms with E-state index >= 15 is 0 Å². The minimum Gasteiger partial charge on any atom is -0.384 e. The van der Waals surface area contributed by atoms with Crippen LogP contribution < -0.4 is 10.6 Å². The number of anilines is 2. The van der Waals surface area contributed by atoms with Crippen molar-refractivity contribution in [1.29, 1.82) is 0 Å². The summed E-state index contributed by atoms with van der Waals surface area (Å²) in [6.07, 6.45) is 6.82. The van der Waals surface area contributed by atoms with Crippen LogP contribution >= 0.6 is 0 Å². The lowest BCUT2D eigenvalue weighted by atomic mass is 9.91. The van der Waals surface area contributed by atoms with Crippen LogP contribution in [0.1, 0.15) is 35.6 Å². The van der Waals surface area contributed by atoms with Crippen LogP contribution in [0.2, 0.25) is 0 Å². The summed E-state index contributed by atoms with van der Waals surface area (Å²) < 4.78 is 0. The van der Waals surface area contributed by atoms with Crippen molar-refractivity contribution in [3.63, 3.8) is 0 Å². The first kappa shape index (κ1) is 15.6. The van der Waals surface area contributed by atoms with E-state index in [0.29, 0.717) is 17.7 Å². The summed E-state index contributed by atoms with van der Waals surface area (Å²) >= 11 is 0. The van der Waals surface area contributed by atoms with E-state index in [4.69, 9.17) is 5.73 Å². The van der Waals surface area contributed by atoms with Crippen molar-refractivity contribution in [2.75, 3.05) is 23.7 Å². The molecule has 6 heteroatoms. The summed E-state index contributed by atoms with van der Waals surface area (Å²) in [5.74, 6) is 1.63. The van der Waals surface area contributed by atoms with E-state index in [9.17, 15) is 0 Å². The number of nitrogen functional groups attached to an aromatic ring is 1. The molecule has 0 amide bonds. The third-order valence-corrected chi connectivity index (χ3v) is 4.77. The Labute approximate surface area is 147 Å². The van der Waals surface area contributed by atoms with Crippen LogP contribution in [0.4, 0.5) is 11.8 Å². The standard InChI is InChI=1S/C19H22N6/c20-17-8-9-21-19(23-17)25-10-4-7-15(13-25)18-16(12-22-24-18)11-14-5-2-1-3-6-14/h1-3,5-6,8-9,12,15H,4,7,10-11,13H2,(H,22,24)(H2,20,21,23)/t15-/m0/s1. The number of benzene rings is 1. The summed E-state index contributed by atoms with van der Waals surface area (Å²) in [7, 11) is 0. The van der Waals surface area contributed by atoms with Crippen molar-refractivity contribution in [3.8, 4) is 0 Å². The monoisotopic (exact) mass is 334 g/mol. The number of hydrogen-bond donors (Lipinski definition) is 2. The lowest BCUT2D eigenvalue weighted by Crippen LogP contribution is -2.36. The molecule has 6 nitrogen and oxygen atoms in total. The fraction of sp³-hybridized carbons (Fsp3) is 0.316. The maximum absolute atomic E-state index is 5.81. The van der Waals surface area contributed by atoms with E-state index in [1.165, 1.54) is 16.8 Å². The Bertz CT molecular complexity index is 829. The molecule has 1 atom stereocenters. The summed E-state index contributed by atoms with van der Waals surface area (Å²) in [6.45, 7) is 1.84. The second kappa shape index (κ2) is 6.93. The molecule has 0 aliphatic carbocycles. The summed E-state index contributed by atoms with van der Waals surface area (Å²) in [5.41, 5.74) is 9.62. The van der Waals surface area contributed by atoms with Crippen molar-refractivity contribution in [2.24, 2.45) is 0 Å². The molecule has 0 spiro atoms. The zero-order valence-corrected chi connectivity index (χ0v) is 14.1. The Morgan fingerprint density at radius 3 is 2.92 bits per heavy atom. The Morgan fingerprint density at radius 1 is 1.20 bits per heavy atom. The molecule has 4 rings (SSSR count). The second-order valence-corrected chi connectivity index (χ2v) is 6.54. The zero-order chi connectivity index (χ0) is 17.1. The first-order chi connectivity index (χ1) is 12.3. The van der Waals surface area contributed by atoms with E-state index < -0.39 is 0 Å². The van der Waals surface area contributed by atoms with Gasteiger partial charge < -0.3 is 10.6 Å². The van der Waals surface area contributed by atoms with Gasteiger partial charge in [0, 0.05) is 37.3 Å². The quantitative estimate of drug-likeness (QED) is 0.766. The van der Waals surface area contributed by atoms with E-state index in [1.54, 1.807) is 12.3 Å². The molecule has 3 N–H and O–H groups in total. The molecule has 0 saturated carbocycles. The van der Waals surface area contributed by atoms with Gasteiger partial charge in [-0.2, -0.15) is 10.1 Å². The molecule has 2 aromatic heterocycles. The highest BCUT2D eigenvalue weighted by atomic mass is 15.3. The molecule has 1 aliphatic rings. The molecule has 0 unspecified atom stereocenters. The molecule has 3 aromatic rings. The number of nitrogens with two attached hydrogens (primary N) is 1. The average molecular weight is 334 g/mol. The molecule has 0 radical (unpaired) electrons. The lowest BCUT2D eigenvalue weighted by Gasteiger charge is -2.32. The van der Waals surface area contributed by atoms with Crippen LogP contribution in [0, 0.1) is 0 Å². The van der Waals surface area contributed by atoms with Gasteiger partial charge in [0.25, 0.3) is 0 Å². The number of piperidine rings is 1. The third kappa shape index (κ3) is 3.47. The maximum Gasteiger partial charge on any atom is 0.227 e. The molecule has 25 heavy (non-hydrogen) atoms. The van der Waals surface area contributed by atoms with Gasteiger partial charge in [-0.15, -0.1) is 0 Å². The predicted molar refractivity (Wildman–Crippen MR) is 98.5 cm³/mol. The molecule has 1 aromatic carbocycles. The zero-order valence-electron chi connectivity index (χ0n) is 14.1. The Hall–Kier alpha value is -2.89. The van der Waals surface area contributed by atoms with Crippen LogP contribution in [-0.2, 0) is 6.42 Å². The smallest absolute Gasteiger partial charge is 0.227 e. The van der Waals surface area contributed by atoms with Crippen molar-refractivity contribution in [3.05, 3.63) is 65.6 Å². The van der Waals surface area contributed by atoms with E-state index in [1.807, 2.05) is 12.3 Å². The first-order valence-electron chi connectivity index (χ1n) is 8.69. The highest BCUT2D eigenvalue weighted by molar-refractivity contribution is 5.39. The van der Waals surface area contributed by atoms with Gasteiger partial charge in [-0.3, -0.25) is 5.10 Å². The second-order valence-electron chi connectivity index (χ2n) is 6.54. The summed E-state index contributed by atoms with van der Waals surface area (Å²) in [5, 5.41) is 7.55. The van der Waals surface area contributed by atoms with Gasteiger partial charge in [0.2, 0.25) is 5.95 Å². The highest BCUT2D eigenvalue weighted by Gasteiger charge is 2.26. The van der Waals surface area contributed by atoms with E-state index in [0.717, 1.165) is 32.4 Å². The number of aromatic nitrogens is 4. The number of rotatable bonds is 4. The molecule has 1 fully saturated rings.